The number of rotatable bonds is 4. The Morgan fingerprint density at radius 1 is 1.41 bits per heavy atom. The molecule has 0 fully saturated rings. The third-order valence-corrected chi connectivity index (χ3v) is 2.58. The first kappa shape index (κ1) is 11.7. The summed E-state index contributed by atoms with van der Waals surface area (Å²) in [5, 5.41) is 4.00. The van der Waals surface area contributed by atoms with Crippen molar-refractivity contribution in [3.8, 4) is 0 Å². The molecule has 3 heteroatoms. The highest BCUT2D eigenvalue weighted by molar-refractivity contribution is 5.81. The van der Waals surface area contributed by atoms with Crippen LogP contribution in [0.25, 0.3) is 17.0 Å². The van der Waals surface area contributed by atoms with Crippen LogP contribution >= 0.6 is 0 Å². The molecular weight excluding hydrogens is 215 g/mol. The Morgan fingerprint density at radius 2 is 2.29 bits per heavy atom. The van der Waals surface area contributed by atoms with Gasteiger partial charge < -0.3 is 5.32 Å². The van der Waals surface area contributed by atoms with Crippen molar-refractivity contribution in [1.29, 1.82) is 0 Å². The Morgan fingerprint density at radius 3 is 3.12 bits per heavy atom. The van der Waals surface area contributed by atoms with E-state index in [2.05, 4.69) is 10.3 Å². The van der Waals surface area contributed by atoms with Gasteiger partial charge in [-0.1, -0.05) is 18.2 Å². The Balaban J connectivity index is 2.28. The number of aromatic nitrogens is 1. The molecule has 2 rings (SSSR count). The second kappa shape index (κ2) is 5.55. The zero-order chi connectivity index (χ0) is 12.1. The van der Waals surface area contributed by atoms with E-state index in [1.807, 2.05) is 37.4 Å². The number of hydrogen-bond acceptors (Lipinski definition) is 2. The van der Waals surface area contributed by atoms with Crippen LogP contribution < -0.4 is 5.32 Å². The number of pyridine rings is 1. The first-order chi connectivity index (χ1) is 8.31. The molecule has 0 saturated heterocycles. The molecule has 1 N–H and O–H groups in total. The van der Waals surface area contributed by atoms with Gasteiger partial charge in [0.25, 0.3) is 0 Å². The van der Waals surface area contributed by atoms with Crippen molar-refractivity contribution < 1.29 is 4.39 Å². The smallest absolute Gasteiger partial charge is 0.132 e. The molecule has 0 spiro atoms. The van der Waals surface area contributed by atoms with Crippen molar-refractivity contribution in [3.63, 3.8) is 0 Å². The highest BCUT2D eigenvalue weighted by Gasteiger charge is 2.01. The molecule has 0 aliphatic heterocycles. The predicted octanol–water partition coefficient (Wildman–Crippen LogP) is 3.00. The summed E-state index contributed by atoms with van der Waals surface area (Å²) in [6.07, 6.45) is 6.35. The topological polar surface area (TPSA) is 24.9 Å². The molecule has 88 valence electrons. The summed E-state index contributed by atoms with van der Waals surface area (Å²) in [4.78, 5) is 4.12. The van der Waals surface area contributed by atoms with Gasteiger partial charge >= 0.3 is 0 Å². The van der Waals surface area contributed by atoms with Gasteiger partial charge in [0.2, 0.25) is 0 Å². The zero-order valence-corrected chi connectivity index (χ0v) is 9.78. The Kier molecular flexibility index (Phi) is 3.83. The van der Waals surface area contributed by atoms with Gasteiger partial charge in [0.15, 0.2) is 0 Å². The summed E-state index contributed by atoms with van der Waals surface area (Å²) in [6.45, 7) is 0.896. The van der Waals surface area contributed by atoms with E-state index < -0.39 is 0 Å². The molecule has 0 unspecified atom stereocenters. The molecular formula is C14H15FN2. The Hall–Kier alpha value is -1.74. The molecule has 0 aliphatic rings. The van der Waals surface area contributed by atoms with Crippen LogP contribution in [0.5, 0.6) is 0 Å². The summed E-state index contributed by atoms with van der Waals surface area (Å²) in [6, 6.07) is 7.10. The van der Waals surface area contributed by atoms with E-state index in [0.717, 1.165) is 18.4 Å². The average Bonchev–Trinajstić information content (AvgIpc) is 2.35. The van der Waals surface area contributed by atoms with E-state index in [1.165, 1.54) is 6.07 Å². The molecule has 1 aromatic heterocycles. The SMILES string of the molecule is CNCCC=Cc1cc2cccnc2cc1F. The fourth-order valence-electron chi connectivity index (χ4n) is 1.68. The third-order valence-electron chi connectivity index (χ3n) is 2.58. The number of halogens is 1. The van der Waals surface area contributed by atoms with E-state index in [1.54, 1.807) is 6.20 Å². The molecule has 0 saturated carbocycles. The van der Waals surface area contributed by atoms with Gasteiger partial charge in [-0.05, 0) is 32.1 Å². The number of nitrogens with one attached hydrogen (secondary N) is 1. The molecule has 2 aromatic rings. The van der Waals surface area contributed by atoms with E-state index in [4.69, 9.17) is 0 Å². The standard InChI is InChI=1S/C14H15FN2/c1-16-7-3-2-5-11-9-12-6-4-8-17-14(12)10-13(11)15/h2,4-6,8-10,16H,3,7H2,1H3. The minimum Gasteiger partial charge on any atom is -0.319 e. The Bertz CT molecular complexity index is 535. The summed E-state index contributed by atoms with van der Waals surface area (Å²) >= 11 is 0. The van der Waals surface area contributed by atoms with Crippen LogP contribution in [-0.2, 0) is 0 Å². The van der Waals surface area contributed by atoms with Crippen molar-refractivity contribution in [2.45, 2.75) is 6.42 Å². The molecule has 0 aliphatic carbocycles. The van der Waals surface area contributed by atoms with Gasteiger partial charge in [-0.15, -0.1) is 0 Å². The van der Waals surface area contributed by atoms with Crippen LogP contribution in [-0.4, -0.2) is 18.6 Å². The fraction of sp³-hybridized carbons (Fsp3) is 0.214. The summed E-state index contributed by atoms with van der Waals surface area (Å²) in [5.74, 6) is -0.225. The predicted molar refractivity (Wildman–Crippen MR) is 69.3 cm³/mol. The second-order valence-electron chi connectivity index (χ2n) is 3.86. The highest BCUT2D eigenvalue weighted by Crippen LogP contribution is 2.18. The molecule has 1 heterocycles. The van der Waals surface area contributed by atoms with E-state index in [0.29, 0.717) is 11.1 Å². The van der Waals surface area contributed by atoms with Crippen molar-refractivity contribution >= 4 is 17.0 Å². The number of benzene rings is 1. The first-order valence-electron chi connectivity index (χ1n) is 5.66. The Labute approximate surface area is 100 Å². The van der Waals surface area contributed by atoms with Crippen molar-refractivity contribution in [1.82, 2.24) is 10.3 Å². The zero-order valence-electron chi connectivity index (χ0n) is 9.78. The van der Waals surface area contributed by atoms with Crippen LogP contribution in [0, 0.1) is 5.82 Å². The maximum Gasteiger partial charge on any atom is 0.132 e. The van der Waals surface area contributed by atoms with Crippen molar-refractivity contribution in [2.24, 2.45) is 0 Å². The molecule has 0 radical (unpaired) electrons. The fourth-order valence-corrected chi connectivity index (χ4v) is 1.68. The van der Waals surface area contributed by atoms with Gasteiger partial charge in [0, 0.05) is 23.2 Å². The molecule has 17 heavy (non-hydrogen) atoms. The lowest BCUT2D eigenvalue weighted by Crippen LogP contribution is -2.05. The second-order valence-corrected chi connectivity index (χ2v) is 3.86. The van der Waals surface area contributed by atoms with Gasteiger partial charge in [-0.3, -0.25) is 4.98 Å². The lowest BCUT2D eigenvalue weighted by atomic mass is 10.1. The molecule has 1 aromatic carbocycles. The lowest BCUT2D eigenvalue weighted by molar-refractivity contribution is 0.626. The van der Waals surface area contributed by atoms with E-state index >= 15 is 0 Å². The quantitative estimate of drug-likeness (QED) is 0.817. The van der Waals surface area contributed by atoms with Crippen molar-refractivity contribution in [2.75, 3.05) is 13.6 Å². The summed E-state index contributed by atoms with van der Waals surface area (Å²) in [5.41, 5.74) is 1.30. The first-order valence-corrected chi connectivity index (χ1v) is 5.66. The monoisotopic (exact) mass is 230 g/mol. The lowest BCUT2D eigenvalue weighted by Gasteiger charge is -2.01. The minimum absolute atomic E-state index is 0.225. The van der Waals surface area contributed by atoms with Gasteiger partial charge in [0.1, 0.15) is 5.82 Å². The summed E-state index contributed by atoms with van der Waals surface area (Å²) < 4.78 is 13.7. The van der Waals surface area contributed by atoms with E-state index in [-0.39, 0.29) is 5.82 Å². The average molecular weight is 230 g/mol. The van der Waals surface area contributed by atoms with Crippen LogP contribution in [0.3, 0.4) is 0 Å². The number of hydrogen-bond donors (Lipinski definition) is 1. The van der Waals surface area contributed by atoms with Gasteiger partial charge in [0.05, 0.1) is 5.52 Å². The van der Waals surface area contributed by atoms with E-state index in [9.17, 15) is 4.39 Å². The molecule has 0 bridgehead atoms. The highest BCUT2D eigenvalue weighted by atomic mass is 19.1. The largest absolute Gasteiger partial charge is 0.319 e. The van der Waals surface area contributed by atoms with Crippen LogP contribution in [0.2, 0.25) is 0 Å². The minimum atomic E-state index is -0.225. The molecule has 0 atom stereocenters. The van der Waals surface area contributed by atoms with Crippen LogP contribution in [0.4, 0.5) is 4.39 Å². The van der Waals surface area contributed by atoms with Crippen LogP contribution in [0.1, 0.15) is 12.0 Å². The van der Waals surface area contributed by atoms with Gasteiger partial charge in [-0.25, -0.2) is 4.39 Å². The number of fused-ring (bicyclic) bond motifs is 1. The van der Waals surface area contributed by atoms with Crippen molar-refractivity contribution in [3.05, 3.63) is 47.9 Å². The maximum absolute atomic E-state index is 13.7. The normalized spacial score (nSPS) is 11.4. The maximum atomic E-state index is 13.7. The summed E-state index contributed by atoms with van der Waals surface area (Å²) in [7, 11) is 1.90. The molecule has 0 amide bonds. The number of nitrogens with zero attached hydrogens (tertiary/aromatic N) is 1. The van der Waals surface area contributed by atoms with Gasteiger partial charge in [-0.2, -0.15) is 0 Å². The van der Waals surface area contributed by atoms with Crippen LogP contribution in [0.15, 0.2) is 36.5 Å². The molecule has 2 nitrogen and oxygen atoms in total. The third kappa shape index (κ3) is 2.88.